The molecule has 0 aliphatic carbocycles. The van der Waals surface area contributed by atoms with E-state index in [4.69, 9.17) is 5.11 Å². The van der Waals surface area contributed by atoms with E-state index in [9.17, 15) is 21.6 Å². The van der Waals surface area contributed by atoms with Gasteiger partial charge in [-0.15, -0.1) is 0 Å². The van der Waals surface area contributed by atoms with E-state index in [2.05, 4.69) is 0 Å². The average Bonchev–Trinajstić information content (AvgIpc) is 1.78. The van der Waals surface area contributed by atoms with E-state index in [1.54, 1.807) is 0 Å². The van der Waals surface area contributed by atoms with Crippen LogP contribution >= 0.6 is 0 Å². The Hall–Kier alpha value is -0.670. The fourth-order valence-corrected chi connectivity index (χ4v) is 3.64. The van der Waals surface area contributed by atoms with Gasteiger partial charge in [-0.25, -0.2) is 21.6 Å². The minimum absolute atomic E-state index is 0.312. The molecule has 2 N–H and O–H groups in total. The molecule has 0 saturated heterocycles. The summed E-state index contributed by atoms with van der Waals surface area (Å²) in [5, 5.41) is 7.16. The predicted molar refractivity (Wildman–Crippen MR) is 48.9 cm³/mol. The number of carboxylic acid groups (broad SMARTS) is 1. The van der Waals surface area contributed by atoms with Crippen molar-refractivity contribution >= 4 is 25.8 Å². The number of carboxylic acids is 1. The third-order valence-corrected chi connectivity index (χ3v) is 4.63. The number of sulfonamides is 1. The third-order valence-electron chi connectivity index (χ3n) is 1.03. The first kappa shape index (κ1) is 13.3. The Morgan fingerprint density at radius 3 is 2.14 bits per heavy atom. The van der Waals surface area contributed by atoms with Gasteiger partial charge in [0.1, 0.15) is 0 Å². The Balaban J connectivity index is 4.18. The first-order valence-corrected chi connectivity index (χ1v) is 7.20. The minimum Gasteiger partial charge on any atom is -0.481 e. The fourth-order valence-electron chi connectivity index (χ4n) is 0.637. The van der Waals surface area contributed by atoms with Crippen LogP contribution in [0.3, 0.4) is 0 Å². The Kier molecular flexibility index (Phi) is 4.49. The summed E-state index contributed by atoms with van der Waals surface area (Å²) in [5.41, 5.74) is 0. The smallest absolute Gasteiger partial charge is 0.304 e. The molecule has 14 heavy (non-hydrogen) atoms. The summed E-state index contributed by atoms with van der Waals surface area (Å²) in [7, 11) is -7.57. The van der Waals surface area contributed by atoms with Crippen LogP contribution in [0.2, 0.25) is 0 Å². The molecule has 84 valence electrons. The summed E-state index contributed by atoms with van der Waals surface area (Å²) in [6.45, 7) is -0.312. The SMILES string of the molecule is CS(=O)(=O)CS(=O)(=O)NCCC(=O)O. The van der Waals surface area contributed by atoms with Crippen molar-refractivity contribution < 1.29 is 26.7 Å². The predicted octanol–water partition coefficient (Wildman–Crippen LogP) is -1.62. The maximum Gasteiger partial charge on any atom is 0.304 e. The summed E-state index contributed by atoms with van der Waals surface area (Å²) in [6.07, 6.45) is 0.395. The molecular formula is C5H11NO6S2. The zero-order chi connectivity index (χ0) is 11.4. The van der Waals surface area contributed by atoms with Gasteiger partial charge in [-0.1, -0.05) is 0 Å². The summed E-state index contributed by atoms with van der Waals surface area (Å²) < 4.78 is 45.0. The lowest BCUT2D eigenvalue weighted by atomic mass is 10.5. The van der Waals surface area contributed by atoms with Gasteiger partial charge < -0.3 is 5.11 Å². The molecule has 0 aromatic heterocycles. The molecule has 0 atom stereocenters. The van der Waals surface area contributed by atoms with Gasteiger partial charge in [0.15, 0.2) is 14.9 Å². The standard InChI is InChI=1S/C5H11NO6S2/c1-13(9,10)4-14(11,12)6-3-2-5(7)8/h6H,2-4H2,1H3,(H,7,8). The Morgan fingerprint density at radius 1 is 1.29 bits per heavy atom. The monoisotopic (exact) mass is 245 g/mol. The number of nitrogens with one attached hydrogen (secondary N) is 1. The summed E-state index contributed by atoms with van der Waals surface area (Å²) >= 11 is 0. The van der Waals surface area contributed by atoms with Gasteiger partial charge >= 0.3 is 5.97 Å². The van der Waals surface area contributed by atoms with Gasteiger partial charge in [-0.3, -0.25) is 4.79 Å². The number of aliphatic carboxylic acids is 1. The van der Waals surface area contributed by atoms with Crippen LogP contribution in [-0.2, 0) is 24.7 Å². The number of hydrogen-bond acceptors (Lipinski definition) is 5. The topological polar surface area (TPSA) is 118 Å². The van der Waals surface area contributed by atoms with Crippen LogP contribution in [0.1, 0.15) is 6.42 Å². The number of carbonyl (C=O) groups is 1. The normalized spacial score (nSPS) is 12.6. The number of sulfone groups is 1. The maximum absolute atomic E-state index is 10.9. The van der Waals surface area contributed by atoms with Crippen LogP contribution in [0.4, 0.5) is 0 Å². The van der Waals surface area contributed by atoms with Crippen molar-refractivity contribution in [1.29, 1.82) is 0 Å². The maximum atomic E-state index is 10.9. The van der Waals surface area contributed by atoms with Crippen molar-refractivity contribution in [2.75, 3.05) is 17.9 Å². The summed E-state index contributed by atoms with van der Waals surface area (Å²) in [4.78, 5) is 10.0. The highest BCUT2D eigenvalue weighted by Gasteiger charge is 2.17. The van der Waals surface area contributed by atoms with Crippen molar-refractivity contribution in [3.8, 4) is 0 Å². The molecule has 0 aliphatic heterocycles. The zero-order valence-corrected chi connectivity index (χ0v) is 9.06. The molecule has 0 fully saturated rings. The quantitative estimate of drug-likeness (QED) is 0.581. The summed E-state index contributed by atoms with van der Waals surface area (Å²) in [5.74, 6) is -1.16. The molecule has 0 aliphatic rings. The lowest BCUT2D eigenvalue weighted by molar-refractivity contribution is -0.136. The molecule has 0 heterocycles. The van der Waals surface area contributed by atoms with Gasteiger partial charge in [0.25, 0.3) is 0 Å². The van der Waals surface area contributed by atoms with Gasteiger partial charge in [0, 0.05) is 12.8 Å². The molecule has 0 radical (unpaired) electrons. The lowest BCUT2D eigenvalue weighted by Gasteiger charge is -2.03. The highest BCUT2D eigenvalue weighted by Crippen LogP contribution is 1.92. The molecule has 0 unspecified atom stereocenters. The van der Waals surface area contributed by atoms with E-state index in [0.717, 1.165) is 6.26 Å². The Bertz CT molecular complexity index is 394. The van der Waals surface area contributed by atoms with Crippen molar-refractivity contribution in [2.45, 2.75) is 6.42 Å². The van der Waals surface area contributed by atoms with Crippen LogP contribution in [0.25, 0.3) is 0 Å². The summed E-state index contributed by atoms with van der Waals surface area (Å²) in [6, 6.07) is 0. The fraction of sp³-hybridized carbons (Fsp3) is 0.800. The molecule has 0 amide bonds. The molecule has 9 heteroatoms. The largest absolute Gasteiger partial charge is 0.481 e. The molecule has 0 bridgehead atoms. The second-order valence-corrected chi connectivity index (χ2v) is 7.01. The number of hydrogen-bond donors (Lipinski definition) is 2. The molecule has 0 aromatic rings. The van der Waals surface area contributed by atoms with Crippen LogP contribution in [-0.4, -0.2) is 45.8 Å². The van der Waals surface area contributed by atoms with Crippen LogP contribution in [0, 0.1) is 0 Å². The second-order valence-electron chi connectivity index (χ2n) is 2.70. The Labute approximate surface area is 82.1 Å². The van der Waals surface area contributed by atoms with E-state index in [1.165, 1.54) is 0 Å². The van der Waals surface area contributed by atoms with Gasteiger partial charge in [0.05, 0.1) is 6.42 Å². The molecule has 7 nitrogen and oxygen atoms in total. The lowest BCUT2D eigenvalue weighted by Crippen LogP contribution is -2.31. The van der Waals surface area contributed by atoms with E-state index < -0.39 is 30.9 Å². The average molecular weight is 245 g/mol. The van der Waals surface area contributed by atoms with Crippen LogP contribution in [0.15, 0.2) is 0 Å². The van der Waals surface area contributed by atoms with Gasteiger partial charge in [-0.05, 0) is 0 Å². The Morgan fingerprint density at radius 2 is 1.79 bits per heavy atom. The first-order chi connectivity index (χ1) is 6.12. The highest BCUT2D eigenvalue weighted by molar-refractivity contribution is 8.06. The zero-order valence-electron chi connectivity index (χ0n) is 7.43. The number of rotatable bonds is 6. The molecular weight excluding hydrogens is 234 g/mol. The third kappa shape index (κ3) is 7.95. The first-order valence-electron chi connectivity index (χ1n) is 3.49. The van der Waals surface area contributed by atoms with Crippen molar-refractivity contribution in [3.63, 3.8) is 0 Å². The minimum atomic E-state index is -3.94. The van der Waals surface area contributed by atoms with E-state index in [-0.39, 0.29) is 13.0 Å². The van der Waals surface area contributed by atoms with Crippen LogP contribution in [0.5, 0.6) is 0 Å². The molecule has 0 spiro atoms. The van der Waals surface area contributed by atoms with E-state index in [0.29, 0.717) is 0 Å². The van der Waals surface area contributed by atoms with Crippen LogP contribution < -0.4 is 4.72 Å². The van der Waals surface area contributed by atoms with Crippen molar-refractivity contribution in [3.05, 3.63) is 0 Å². The molecule has 0 saturated carbocycles. The highest BCUT2D eigenvalue weighted by atomic mass is 32.3. The molecule has 0 rings (SSSR count). The van der Waals surface area contributed by atoms with Crippen molar-refractivity contribution in [1.82, 2.24) is 4.72 Å². The van der Waals surface area contributed by atoms with E-state index in [1.807, 2.05) is 4.72 Å². The van der Waals surface area contributed by atoms with Gasteiger partial charge in [0.2, 0.25) is 10.0 Å². The molecule has 0 aromatic carbocycles. The van der Waals surface area contributed by atoms with Crippen molar-refractivity contribution in [2.24, 2.45) is 0 Å². The second kappa shape index (κ2) is 4.71. The van der Waals surface area contributed by atoms with E-state index >= 15 is 0 Å². The van der Waals surface area contributed by atoms with Gasteiger partial charge in [-0.2, -0.15) is 0 Å².